The van der Waals surface area contributed by atoms with Gasteiger partial charge in [-0.2, -0.15) is 0 Å². The Morgan fingerprint density at radius 2 is 1.66 bits per heavy atom. The highest BCUT2D eigenvalue weighted by atomic mass is 32.2. The van der Waals surface area contributed by atoms with Crippen LogP contribution in [0.5, 0.6) is 0 Å². The zero-order valence-electron chi connectivity index (χ0n) is 25.7. The number of nitrogens with one attached hydrogen (secondary N) is 2. The van der Waals surface area contributed by atoms with Gasteiger partial charge < -0.3 is 36.4 Å². The van der Waals surface area contributed by atoms with Gasteiger partial charge in [-0.1, -0.05) is 68.4 Å². The van der Waals surface area contributed by atoms with Crippen LogP contribution >= 0.6 is 11.8 Å². The van der Waals surface area contributed by atoms with Gasteiger partial charge in [0.2, 0.25) is 11.8 Å². The number of nitrogens with two attached hydrogens (primary N) is 1. The number of aliphatic hydroxyl groups is 1. The smallest absolute Gasteiger partial charge is 0.322 e. The summed E-state index contributed by atoms with van der Waals surface area (Å²) >= 11 is 1.16. The van der Waals surface area contributed by atoms with Crippen molar-refractivity contribution in [2.75, 3.05) is 19.4 Å². The van der Waals surface area contributed by atoms with Crippen LogP contribution in [0.2, 0.25) is 0 Å². The van der Waals surface area contributed by atoms with Gasteiger partial charge in [0.25, 0.3) is 0 Å². The fourth-order valence-electron chi connectivity index (χ4n) is 3.63. The molecule has 0 bridgehead atoms. The molecule has 4 atom stereocenters. The van der Waals surface area contributed by atoms with Crippen LogP contribution in [0.4, 0.5) is 0 Å². The number of hydrogen-bond acceptors (Lipinski definition) is 9. The minimum atomic E-state index is -1.27. The fraction of sp³-hybridized carbons (Fsp3) is 0.581. The van der Waals surface area contributed by atoms with Crippen LogP contribution in [0.1, 0.15) is 71.1 Å². The molecule has 0 saturated carbocycles. The number of aliphatic hydroxyl groups excluding tert-OH is 1. The van der Waals surface area contributed by atoms with Gasteiger partial charge in [-0.3, -0.25) is 24.0 Å². The third-order valence-corrected chi connectivity index (χ3v) is 7.57. The Morgan fingerprint density at radius 3 is 2.32 bits per heavy atom. The van der Waals surface area contributed by atoms with Crippen molar-refractivity contribution in [3.8, 4) is 0 Å². The first kappa shape index (κ1) is 40.6. The van der Waals surface area contributed by atoms with Crippen molar-refractivity contribution in [2.24, 2.45) is 5.73 Å². The maximum Gasteiger partial charge on any atom is 0.322 e. The van der Waals surface area contributed by atoms with Gasteiger partial charge in [0.1, 0.15) is 18.6 Å². The van der Waals surface area contributed by atoms with Gasteiger partial charge >= 0.3 is 17.9 Å². The number of hydrogen-bond donors (Lipinski definition) is 6. The molecule has 1 unspecified atom stereocenters. The van der Waals surface area contributed by atoms with Gasteiger partial charge in [-0.15, -0.1) is 11.8 Å². The van der Waals surface area contributed by atoms with Crippen LogP contribution in [0.25, 0.3) is 0 Å². The molecule has 12 nitrogen and oxygen atoms in total. The predicted molar refractivity (Wildman–Crippen MR) is 171 cm³/mol. The first-order valence-electron chi connectivity index (χ1n) is 14.8. The molecule has 0 aliphatic rings. The third-order valence-electron chi connectivity index (χ3n) is 6.19. The number of amides is 2. The zero-order valence-corrected chi connectivity index (χ0v) is 26.5. The van der Waals surface area contributed by atoms with Crippen molar-refractivity contribution in [2.45, 2.75) is 94.6 Å². The van der Waals surface area contributed by atoms with Crippen molar-refractivity contribution in [1.82, 2.24) is 10.6 Å². The zero-order chi connectivity index (χ0) is 33.2. The average molecular weight is 640 g/mol. The standard InChI is InChI=1S/C31H49N3O9S/c1-3-4-5-6-7-8-9-10-11-12-13-14-17-26(25(35)16-15-18-29(39)43-2)44-22-24(30(40)33-21-28(37)38)34-27(36)20-19-23(32)31(41)42/h7-8,10-14,17,23-26,35H,3-6,9,15-16,18-22,32H2,1-2H3,(H,33,40)(H,34,36)(H,37,38)(H,41,42)/b8-7-,11-10-,13-12+,17-14+/t23?,24-,25-,26+/m0/s1. The number of carboxylic acids is 2. The Hall–Kier alpha value is -3.42. The minimum absolute atomic E-state index is 0.0283. The maximum atomic E-state index is 12.7. The van der Waals surface area contributed by atoms with E-state index in [1.165, 1.54) is 26.4 Å². The van der Waals surface area contributed by atoms with Crippen molar-refractivity contribution >= 4 is 41.5 Å². The maximum absolute atomic E-state index is 12.7. The summed E-state index contributed by atoms with van der Waals surface area (Å²) in [6, 6.07) is -2.42. The highest BCUT2D eigenvalue weighted by Crippen LogP contribution is 2.22. The largest absolute Gasteiger partial charge is 0.480 e. The topological polar surface area (TPSA) is 205 Å². The van der Waals surface area contributed by atoms with E-state index in [2.05, 4.69) is 34.4 Å². The van der Waals surface area contributed by atoms with Gasteiger partial charge in [-0.05, 0) is 38.5 Å². The molecule has 0 rings (SSSR count). The Balaban J connectivity index is 5.43. The first-order chi connectivity index (χ1) is 21.0. The number of carbonyl (C=O) groups is 5. The summed E-state index contributed by atoms with van der Waals surface area (Å²) in [7, 11) is 1.28. The van der Waals surface area contributed by atoms with E-state index in [-0.39, 0.29) is 31.4 Å². The molecule has 0 heterocycles. The van der Waals surface area contributed by atoms with E-state index in [4.69, 9.17) is 15.9 Å². The minimum Gasteiger partial charge on any atom is -0.480 e. The highest BCUT2D eigenvalue weighted by molar-refractivity contribution is 8.00. The predicted octanol–water partition coefficient (Wildman–Crippen LogP) is 2.87. The number of carbonyl (C=O) groups excluding carboxylic acids is 3. The number of aliphatic carboxylic acids is 2. The van der Waals surface area contributed by atoms with E-state index in [9.17, 15) is 29.1 Å². The Morgan fingerprint density at radius 1 is 0.932 bits per heavy atom. The normalized spacial score (nSPS) is 14.5. The Kier molecular flexibility index (Phi) is 24.0. The van der Waals surface area contributed by atoms with Crippen LogP contribution < -0.4 is 16.4 Å². The molecular formula is C31H49N3O9S. The number of carboxylic acid groups (broad SMARTS) is 2. The molecule has 0 spiro atoms. The van der Waals surface area contributed by atoms with Crippen LogP contribution in [0.3, 0.4) is 0 Å². The number of esters is 1. The van der Waals surface area contributed by atoms with Crippen LogP contribution in [0.15, 0.2) is 48.6 Å². The molecule has 0 aromatic heterocycles. The van der Waals surface area contributed by atoms with Crippen LogP contribution in [-0.4, -0.2) is 87.9 Å². The summed E-state index contributed by atoms with van der Waals surface area (Å²) in [6.07, 6.45) is 20.3. The molecule has 0 aromatic carbocycles. The second-order valence-corrected chi connectivity index (χ2v) is 11.2. The van der Waals surface area contributed by atoms with Gasteiger partial charge in [0, 0.05) is 23.8 Å². The lowest BCUT2D eigenvalue weighted by Gasteiger charge is -2.23. The number of allylic oxidation sites excluding steroid dienone is 7. The molecule has 0 saturated heterocycles. The molecular weight excluding hydrogens is 590 g/mol. The highest BCUT2D eigenvalue weighted by Gasteiger charge is 2.25. The lowest BCUT2D eigenvalue weighted by atomic mass is 10.1. The summed E-state index contributed by atoms with van der Waals surface area (Å²) in [4.78, 5) is 58.5. The molecule has 44 heavy (non-hydrogen) atoms. The van der Waals surface area contributed by atoms with Gasteiger partial charge in [0.05, 0.1) is 13.2 Å². The van der Waals surface area contributed by atoms with Crippen molar-refractivity contribution in [1.29, 1.82) is 0 Å². The van der Waals surface area contributed by atoms with E-state index in [0.717, 1.165) is 24.6 Å². The van der Waals surface area contributed by atoms with E-state index < -0.39 is 59.7 Å². The number of rotatable bonds is 25. The van der Waals surface area contributed by atoms with Gasteiger partial charge in [0.15, 0.2) is 0 Å². The van der Waals surface area contributed by atoms with Crippen molar-refractivity contribution in [3.63, 3.8) is 0 Å². The summed E-state index contributed by atoms with van der Waals surface area (Å²) in [5, 5.41) is 32.9. The molecule has 0 radical (unpaired) electrons. The monoisotopic (exact) mass is 639 g/mol. The molecule has 13 heteroatoms. The van der Waals surface area contributed by atoms with E-state index in [0.29, 0.717) is 6.42 Å². The lowest BCUT2D eigenvalue weighted by molar-refractivity contribution is -0.141. The second kappa shape index (κ2) is 26.0. The summed E-state index contributed by atoms with van der Waals surface area (Å²) in [5.74, 6) is -4.34. The average Bonchev–Trinajstić information content (AvgIpc) is 2.99. The summed E-state index contributed by atoms with van der Waals surface area (Å²) < 4.78 is 4.64. The molecule has 2 amide bonds. The Labute approximate surface area is 264 Å². The Bertz CT molecular complexity index is 998. The molecule has 0 aliphatic carbocycles. The van der Waals surface area contributed by atoms with E-state index in [1.807, 2.05) is 18.2 Å². The second-order valence-electron chi connectivity index (χ2n) is 9.95. The molecule has 0 aromatic rings. The SMILES string of the molecule is CCCCC/C=C\C\C=C/C=C/C=C/[C@@H](SC[C@H](NC(=O)CCC(N)C(=O)O)C(=O)NCC(=O)O)[C@@H](O)CCCC(=O)OC. The number of unbranched alkanes of at least 4 members (excludes halogenated alkanes) is 3. The summed E-state index contributed by atoms with van der Waals surface area (Å²) in [6.45, 7) is 1.51. The van der Waals surface area contributed by atoms with E-state index in [1.54, 1.807) is 18.2 Å². The third kappa shape index (κ3) is 22.2. The van der Waals surface area contributed by atoms with Crippen molar-refractivity contribution < 1.29 is 44.0 Å². The quantitative estimate of drug-likeness (QED) is 0.0371. The van der Waals surface area contributed by atoms with Crippen LogP contribution in [0, 0.1) is 0 Å². The van der Waals surface area contributed by atoms with Crippen molar-refractivity contribution in [3.05, 3.63) is 48.6 Å². The molecule has 0 fully saturated rings. The number of thioether (sulfide) groups is 1. The number of methoxy groups -OCH3 is 1. The summed E-state index contributed by atoms with van der Waals surface area (Å²) in [5.41, 5.74) is 5.45. The molecule has 248 valence electrons. The van der Waals surface area contributed by atoms with E-state index >= 15 is 0 Å². The lowest BCUT2D eigenvalue weighted by Crippen LogP contribution is -2.50. The van der Waals surface area contributed by atoms with Crippen LogP contribution in [-0.2, 0) is 28.7 Å². The van der Waals surface area contributed by atoms with Gasteiger partial charge in [-0.25, -0.2) is 0 Å². The molecule has 7 N–H and O–H groups in total. The molecule has 0 aliphatic heterocycles. The fourth-order valence-corrected chi connectivity index (χ4v) is 4.84. The number of ether oxygens (including phenoxy) is 1. The first-order valence-corrected chi connectivity index (χ1v) is 15.8.